The molecule has 0 aliphatic carbocycles. The summed E-state index contributed by atoms with van der Waals surface area (Å²) in [7, 11) is 1.24. The monoisotopic (exact) mass is 226 g/mol. The van der Waals surface area contributed by atoms with E-state index in [9.17, 15) is 4.79 Å². The summed E-state index contributed by atoms with van der Waals surface area (Å²) in [6.07, 6.45) is 0. The number of benzene rings is 1. The molecule has 0 amide bonds. The molecule has 0 heterocycles. The Morgan fingerprint density at radius 2 is 2.00 bits per heavy atom. The lowest BCUT2D eigenvalue weighted by Crippen LogP contribution is -2.11. The van der Waals surface area contributed by atoms with Crippen LogP contribution in [0.1, 0.15) is 5.56 Å². The van der Waals surface area contributed by atoms with Crippen LogP contribution in [-0.2, 0) is 9.53 Å². The molecule has 0 aliphatic rings. The normalized spacial score (nSPS) is 11.0. The van der Waals surface area contributed by atoms with Crippen LogP contribution in [0.4, 0.5) is 5.69 Å². The number of hydrogen-bond acceptors (Lipinski definition) is 4. The number of halogens is 1. The van der Waals surface area contributed by atoms with Gasteiger partial charge in [0.2, 0.25) is 5.17 Å². The summed E-state index contributed by atoms with van der Waals surface area (Å²) in [5.74, 6) is -0.670. The van der Waals surface area contributed by atoms with Gasteiger partial charge in [-0.3, -0.25) is 5.43 Å². The molecular weight excluding hydrogens is 216 g/mol. The third-order valence-electron chi connectivity index (χ3n) is 1.69. The SMILES string of the molecule is COC(=O)C(Cl)=NNc1ccc(C)cc1. The minimum Gasteiger partial charge on any atom is -0.464 e. The molecule has 15 heavy (non-hydrogen) atoms. The number of rotatable bonds is 3. The summed E-state index contributed by atoms with van der Waals surface area (Å²) in [5, 5.41) is 3.41. The highest BCUT2D eigenvalue weighted by Crippen LogP contribution is 2.08. The van der Waals surface area contributed by atoms with Gasteiger partial charge in [-0.25, -0.2) is 4.79 Å². The molecule has 0 spiro atoms. The highest BCUT2D eigenvalue weighted by molar-refractivity contribution is 6.82. The number of hydrogen-bond donors (Lipinski definition) is 1. The Bertz CT molecular complexity index is 374. The van der Waals surface area contributed by atoms with Crippen LogP contribution in [0.5, 0.6) is 0 Å². The quantitative estimate of drug-likeness (QED) is 0.488. The molecule has 0 radical (unpaired) electrons. The van der Waals surface area contributed by atoms with E-state index in [2.05, 4.69) is 15.3 Å². The summed E-state index contributed by atoms with van der Waals surface area (Å²) in [5.41, 5.74) is 4.54. The fourth-order valence-corrected chi connectivity index (χ4v) is 0.991. The maximum atomic E-state index is 10.9. The Labute approximate surface area is 92.9 Å². The Morgan fingerprint density at radius 1 is 1.40 bits per heavy atom. The number of esters is 1. The Kier molecular flexibility index (Phi) is 4.12. The zero-order valence-electron chi connectivity index (χ0n) is 8.45. The standard InChI is InChI=1S/C10H11ClN2O2/c1-7-3-5-8(6-4-7)12-13-9(11)10(14)15-2/h3-6,12H,1-2H3. The smallest absolute Gasteiger partial charge is 0.370 e. The van der Waals surface area contributed by atoms with Crippen molar-refractivity contribution in [1.82, 2.24) is 0 Å². The topological polar surface area (TPSA) is 50.7 Å². The van der Waals surface area contributed by atoms with Crippen molar-refractivity contribution >= 4 is 28.4 Å². The lowest BCUT2D eigenvalue weighted by Gasteiger charge is -2.01. The van der Waals surface area contributed by atoms with E-state index in [1.54, 1.807) is 0 Å². The number of hydrazone groups is 1. The molecule has 1 rings (SSSR count). The summed E-state index contributed by atoms with van der Waals surface area (Å²) in [6, 6.07) is 7.51. The summed E-state index contributed by atoms with van der Waals surface area (Å²) in [4.78, 5) is 10.9. The van der Waals surface area contributed by atoms with Crippen molar-refractivity contribution in [3.05, 3.63) is 29.8 Å². The van der Waals surface area contributed by atoms with E-state index >= 15 is 0 Å². The lowest BCUT2D eigenvalue weighted by atomic mass is 10.2. The van der Waals surface area contributed by atoms with E-state index < -0.39 is 5.97 Å². The van der Waals surface area contributed by atoms with Gasteiger partial charge < -0.3 is 4.74 Å². The Morgan fingerprint density at radius 3 is 2.53 bits per heavy atom. The molecule has 5 heteroatoms. The van der Waals surface area contributed by atoms with Crippen LogP contribution in [-0.4, -0.2) is 18.2 Å². The van der Waals surface area contributed by atoms with E-state index in [0.717, 1.165) is 11.3 Å². The molecule has 0 atom stereocenters. The van der Waals surface area contributed by atoms with Crippen LogP contribution in [0, 0.1) is 6.92 Å². The molecule has 0 aliphatic heterocycles. The van der Waals surface area contributed by atoms with Gasteiger partial charge in [0.25, 0.3) is 0 Å². The first-order valence-corrected chi connectivity index (χ1v) is 4.65. The highest BCUT2D eigenvalue weighted by atomic mass is 35.5. The molecule has 4 nitrogen and oxygen atoms in total. The molecule has 0 fully saturated rings. The highest BCUT2D eigenvalue weighted by Gasteiger charge is 2.06. The van der Waals surface area contributed by atoms with Crippen LogP contribution >= 0.6 is 11.6 Å². The molecule has 1 aromatic carbocycles. The van der Waals surface area contributed by atoms with E-state index in [0.29, 0.717) is 0 Å². The summed E-state index contributed by atoms with van der Waals surface area (Å²) in [6.45, 7) is 1.98. The van der Waals surface area contributed by atoms with Gasteiger partial charge in [0, 0.05) is 0 Å². The van der Waals surface area contributed by atoms with Crippen LogP contribution in [0.2, 0.25) is 0 Å². The number of carbonyl (C=O) groups excluding carboxylic acids is 1. The predicted octanol–water partition coefficient (Wildman–Crippen LogP) is 2.13. The number of nitrogens with zero attached hydrogens (tertiary/aromatic N) is 1. The summed E-state index contributed by atoms with van der Waals surface area (Å²) < 4.78 is 4.38. The van der Waals surface area contributed by atoms with E-state index in [1.165, 1.54) is 7.11 Å². The number of methoxy groups -OCH3 is 1. The third kappa shape index (κ3) is 3.59. The van der Waals surface area contributed by atoms with Gasteiger partial charge in [-0.2, -0.15) is 5.10 Å². The van der Waals surface area contributed by atoms with Gasteiger partial charge in [0.05, 0.1) is 12.8 Å². The molecule has 80 valence electrons. The van der Waals surface area contributed by atoms with Gasteiger partial charge in [-0.1, -0.05) is 29.3 Å². The first-order chi connectivity index (χ1) is 7.13. The zero-order chi connectivity index (χ0) is 11.3. The van der Waals surface area contributed by atoms with E-state index in [4.69, 9.17) is 11.6 Å². The second-order valence-corrected chi connectivity index (χ2v) is 3.23. The first-order valence-electron chi connectivity index (χ1n) is 4.27. The van der Waals surface area contributed by atoms with E-state index in [1.807, 2.05) is 31.2 Å². The fourth-order valence-electron chi connectivity index (χ4n) is 0.872. The maximum absolute atomic E-state index is 10.9. The van der Waals surface area contributed by atoms with Gasteiger partial charge >= 0.3 is 5.97 Å². The molecule has 0 aromatic heterocycles. The minimum atomic E-state index is -0.670. The molecular formula is C10H11ClN2O2. The Hall–Kier alpha value is -1.55. The van der Waals surface area contributed by atoms with E-state index in [-0.39, 0.29) is 5.17 Å². The maximum Gasteiger partial charge on any atom is 0.370 e. The van der Waals surface area contributed by atoms with Gasteiger partial charge in [-0.15, -0.1) is 0 Å². The van der Waals surface area contributed by atoms with Crippen molar-refractivity contribution < 1.29 is 9.53 Å². The second-order valence-electron chi connectivity index (χ2n) is 2.87. The zero-order valence-corrected chi connectivity index (χ0v) is 9.21. The Balaban J connectivity index is 2.63. The molecule has 1 aromatic rings. The molecule has 1 N–H and O–H groups in total. The summed E-state index contributed by atoms with van der Waals surface area (Å²) >= 11 is 5.53. The lowest BCUT2D eigenvalue weighted by molar-refractivity contribution is -0.132. The molecule has 0 saturated heterocycles. The second kappa shape index (κ2) is 5.36. The van der Waals surface area contributed by atoms with Crippen molar-refractivity contribution in [2.24, 2.45) is 5.10 Å². The number of ether oxygens (including phenoxy) is 1. The van der Waals surface area contributed by atoms with Crippen LogP contribution in [0.25, 0.3) is 0 Å². The van der Waals surface area contributed by atoms with Crippen LogP contribution in [0.15, 0.2) is 29.4 Å². The molecule has 0 unspecified atom stereocenters. The number of aryl methyl sites for hydroxylation is 1. The predicted molar refractivity (Wildman–Crippen MR) is 60.1 cm³/mol. The molecule has 0 bridgehead atoms. The third-order valence-corrected chi connectivity index (χ3v) is 1.93. The van der Waals surface area contributed by atoms with Crippen molar-refractivity contribution in [2.75, 3.05) is 12.5 Å². The molecule has 0 saturated carbocycles. The van der Waals surface area contributed by atoms with Gasteiger partial charge in [-0.05, 0) is 19.1 Å². The van der Waals surface area contributed by atoms with Crippen molar-refractivity contribution in [1.29, 1.82) is 0 Å². The largest absolute Gasteiger partial charge is 0.464 e. The fraction of sp³-hybridized carbons (Fsp3) is 0.200. The van der Waals surface area contributed by atoms with Gasteiger partial charge in [0.1, 0.15) is 0 Å². The number of nitrogens with one attached hydrogen (secondary N) is 1. The number of carbonyl (C=O) groups is 1. The van der Waals surface area contributed by atoms with Crippen LogP contribution in [0.3, 0.4) is 0 Å². The first kappa shape index (κ1) is 11.5. The minimum absolute atomic E-state index is 0.238. The number of anilines is 1. The average molecular weight is 227 g/mol. The van der Waals surface area contributed by atoms with Crippen molar-refractivity contribution in [3.63, 3.8) is 0 Å². The van der Waals surface area contributed by atoms with Crippen molar-refractivity contribution in [2.45, 2.75) is 6.92 Å². The average Bonchev–Trinajstić information content (AvgIpc) is 2.26. The van der Waals surface area contributed by atoms with Crippen molar-refractivity contribution in [3.8, 4) is 0 Å². The van der Waals surface area contributed by atoms with Gasteiger partial charge in [0.15, 0.2) is 0 Å². The van der Waals surface area contributed by atoms with Crippen LogP contribution < -0.4 is 5.43 Å².